The molecule has 7 heteroatoms. The molecule has 1 aromatic rings. The summed E-state index contributed by atoms with van der Waals surface area (Å²) in [7, 11) is 2.16. The highest BCUT2D eigenvalue weighted by molar-refractivity contribution is 7.09. The molecule has 2 aliphatic heterocycles. The number of fused-ring (bicyclic) bond motifs is 1. The maximum absolute atomic E-state index is 12.7. The highest BCUT2D eigenvalue weighted by Crippen LogP contribution is 2.38. The van der Waals surface area contributed by atoms with Crippen LogP contribution in [-0.4, -0.2) is 89.2 Å². The number of aliphatic hydroxyl groups excluding tert-OH is 1. The van der Waals surface area contributed by atoms with E-state index in [2.05, 4.69) is 21.8 Å². The summed E-state index contributed by atoms with van der Waals surface area (Å²) >= 11 is 1.60. The number of carbonyl (C=O) groups is 1. The summed E-state index contributed by atoms with van der Waals surface area (Å²) in [5.41, 5.74) is 0.891. The summed E-state index contributed by atoms with van der Waals surface area (Å²) < 4.78 is 0. The van der Waals surface area contributed by atoms with Crippen molar-refractivity contribution < 1.29 is 9.90 Å². The van der Waals surface area contributed by atoms with Crippen LogP contribution in [0.2, 0.25) is 0 Å². The smallest absolute Gasteiger partial charge is 0.228 e. The molecule has 1 aromatic heterocycles. The summed E-state index contributed by atoms with van der Waals surface area (Å²) in [6, 6.07) is 0.265. The summed E-state index contributed by atoms with van der Waals surface area (Å²) in [5, 5.41) is 13.7. The van der Waals surface area contributed by atoms with Gasteiger partial charge in [0, 0.05) is 50.7 Å². The van der Waals surface area contributed by atoms with Gasteiger partial charge in [-0.05, 0) is 38.6 Å². The number of likely N-dealkylation sites (N-methyl/N-ethyl adjacent to an activating group) is 1. The van der Waals surface area contributed by atoms with Gasteiger partial charge in [-0.2, -0.15) is 0 Å². The molecule has 1 aliphatic carbocycles. The predicted octanol–water partition coefficient (Wildman–Crippen LogP) is 0.839. The van der Waals surface area contributed by atoms with Gasteiger partial charge >= 0.3 is 0 Å². The third kappa shape index (κ3) is 3.81. The van der Waals surface area contributed by atoms with Crippen LogP contribution in [0.3, 0.4) is 0 Å². The van der Waals surface area contributed by atoms with Crippen LogP contribution in [0.25, 0.3) is 0 Å². The second-order valence-electron chi connectivity index (χ2n) is 8.30. The van der Waals surface area contributed by atoms with Crippen molar-refractivity contribution in [1.82, 2.24) is 19.7 Å². The van der Waals surface area contributed by atoms with E-state index in [1.54, 1.807) is 11.3 Å². The van der Waals surface area contributed by atoms with Gasteiger partial charge in [-0.15, -0.1) is 11.3 Å². The van der Waals surface area contributed by atoms with E-state index in [4.69, 9.17) is 0 Å². The van der Waals surface area contributed by atoms with E-state index >= 15 is 0 Å². The van der Waals surface area contributed by atoms with Crippen LogP contribution in [0.4, 0.5) is 0 Å². The predicted molar refractivity (Wildman–Crippen MR) is 102 cm³/mol. The van der Waals surface area contributed by atoms with Crippen LogP contribution in [0.5, 0.6) is 0 Å². The first-order valence-electron chi connectivity index (χ1n) is 9.79. The maximum Gasteiger partial charge on any atom is 0.228 e. The van der Waals surface area contributed by atoms with Crippen molar-refractivity contribution in [3.8, 4) is 0 Å². The Morgan fingerprint density at radius 1 is 1.23 bits per heavy atom. The molecule has 4 rings (SSSR count). The summed E-state index contributed by atoms with van der Waals surface area (Å²) in [4.78, 5) is 23.9. The average Bonchev–Trinajstić information content (AvgIpc) is 3.20. The fraction of sp³-hybridized carbons (Fsp3) is 0.789. The minimum Gasteiger partial charge on any atom is -0.391 e. The van der Waals surface area contributed by atoms with Gasteiger partial charge in [0.1, 0.15) is 0 Å². The highest BCUT2D eigenvalue weighted by Gasteiger charge is 2.44. The molecule has 1 saturated carbocycles. The molecule has 26 heavy (non-hydrogen) atoms. The zero-order valence-corrected chi connectivity index (χ0v) is 16.6. The second-order valence-corrected chi connectivity index (χ2v) is 9.36. The zero-order valence-electron chi connectivity index (χ0n) is 15.8. The van der Waals surface area contributed by atoms with Gasteiger partial charge < -0.3 is 14.9 Å². The SMILES string of the molecule is Cc1nc(CC(=O)N2C[C@H]3C[C@@H](N4CCN(C)CC4)[C@H](O)C[C@H]3C2)cs1. The Bertz CT molecular complexity index is 643. The van der Waals surface area contributed by atoms with E-state index in [-0.39, 0.29) is 18.1 Å². The van der Waals surface area contributed by atoms with Crippen LogP contribution in [0.1, 0.15) is 23.5 Å². The topological polar surface area (TPSA) is 59.9 Å². The van der Waals surface area contributed by atoms with Crippen LogP contribution in [-0.2, 0) is 11.2 Å². The van der Waals surface area contributed by atoms with Crippen molar-refractivity contribution >= 4 is 17.2 Å². The Morgan fingerprint density at radius 2 is 1.92 bits per heavy atom. The van der Waals surface area contributed by atoms with E-state index < -0.39 is 0 Å². The number of thiazole rings is 1. The molecule has 0 radical (unpaired) electrons. The molecule has 144 valence electrons. The number of aryl methyl sites for hydroxylation is 1. The zero-order chi connectivity index (χ0) is 18.3. The van der Waals surface area contributed by atoms with E-state index in [9.17, 15) is 9.90 Å². The largest absolute Gasteiger partial charge is 0.391 e. The van der Waals surface area contributed by atoms with Crippen molar-refractivity contribution in [3.05, 3.63) is 16.1 Å². The van der Waals surface area contributed by atoms with E-state index in [0.29, 0.717) is 18.3 Å². The molecule has 4 atom stereocenters. The molecule has 3 aliphatic rings. The van der Waals surface area contributed by atoms with Gasteiger partial charge in [0.15, 0.2) is 0 Å². The Balaban J connectivity index is 1.35. The van der Waals surface area contributed by atoms with Crippen molar-refractivity contribution in [2.75, 3.05) is 46.3 Å². The molecule has 0 unspecified atom stereocenters. The number of carbonyl (C=O) groups excluding carboxylic acids is 1. The first-order valence-corrected chi connectivity index (χ1v) is 10.7. The third-order valence-corrected chi connectivity index (χ3v) is 7.29. The Labute approximate surface area is 159 Å². The molecule has 0 aromatic carbocycles. The lowest BCUT2D eigenvalue weighted by Gasteiger charge is -2.44. The number of amides is 1. The lowest BCUT2D eigenvalue weighted by molar-refractivity contribution is -0.129. The molecule has 2 saturated heterocycles. The average molecular weight is 379 g/mol. The number of rotatable bonds is 3. The van der Waals surface area contributed by atoms with E-state index in [1.807, 2.05) is 17.2 Å². The van der Waals surface area contributed by atoms with Gasteiger partial charge in [0.05, 0.1) is 23.2 Å². The van der Waals surface area contributed by atoms with Gasteiger partial charge in [0.2, 0.25) is 5.91 Å². The molecule has 1 amide bonds. The van der Waals surface area contributed by atoms with E-state index in [1.165, 1.54) is 0 Å². The first kappa shape index (κ1) is 18.3. The Kier molecular flexibility index (Phi) is 5.32. The Hall–Kier alpha value is -1.02. The van der Waals surface area contributed by atoms with Gasteiger partial charge in [0.25, 0.3) is 0 Å². The van der Waals surface area contributed by atoms with Crippen molar-refractivity contribution in [1.29, 1.82) is 0 Å². The molecule has 0 spiro atoms. The number of hydrogen-bond donors (Lipinski definition) is 1. The van der Waals surface area contributed by atoms with E-state index in [0.717, 1.165) is 62.8 Å². The molecule has 3 fully saturated rings. The Morgan fingerprint density at radius 3 is 2.58 bits per heavy atom. The quantitative estimate of drug-likeness (QED) is 0.845. The number of likely N-dealkylation sites (tertiary alicyclic amines) is 1. The number of aromatic nitrogens is 1. The molecule has 6 nitrogen and oxygen atoms in total. The molecule has 1 N–H and O–H groups in total. The molecule has 0 bridgehead atoms. The van der Waals surface area contributed by atoms with Crippen LogP contribution >= 0.6 is 11.3 Å². The standard InChI is InChI=1S/C19H30N4O2S/c1-13-20-16(12-26-13)9-19(25)23-10-14-7-17(18(24)8-15(14)11-23)22-5-3-21(2)4-6-22/h12,14-15,17-18,24H,3-11H2,1-2H3/t14-,15+,17-,18-/m1/s1. The van der Waals surface area contributed by atoms with Crippen molar-refractivity contribution in [3.63, 3.8) is 0 Å². The van der Waals surface area contributed by atoms with Crippen molar-refractivity contribution in [2.24, 2.45) is 11.8 Å². The lowest BCUT2D eigenvalue weighted by atomic mass is 9.77. The third-order valence-electron chi connectivity index (χ3n) is 6.47. The summed E-state index contributed by atoms with van der Waals surface area (Å²) in [6.07, 6.45) is 2.01. The number of piperazine rings is 1. The summed E-state index contributed by atoms with van der Waals surface area (Å²) in [5.74, 6) is 1.18. The van der Waals surface area contributed by atoms with Crippen LogP contribution < -0.4 is 0 Å². The number of hydrogen-bond acceptors (Lipinski definition) is 6. The molecule has 3 heterocycles. The lowest BCUT2D eigenvalue weighted by Crippen LogP contribution is -2.55. The molecular formula is C19H30N4O2S. The monoisotopic (exact) mass is 378 g/mol. The van der Waals surface area contributed by atoms with Gasteiger partial charge in [-0.25, -0.2) is 4.98 Å². The fourth-order valence-electron chi connectivity index (χ4n) is 4.91. The maximum atomic E-state index is 12.7. The van der Waals surface area contributed by atoms with Crippen LogP contribution in [0.15, 0.2) is 5.38 Å². The minimum atomic E-state index is -0.254. The highest BCUT2D eigenvalue weighted by atomic mass is 32.1. The van der Waals surface area contributed by atoms with Crippen molar-refractivity contribution in [2.45, 2.75) is 38.3 Å². The van der Waals surface area contributed by atoms with Gasteiger partial charge in [-0.1, -0.05) is 0 Å². The number of nitrogens with zero attached hydrogens (tertiary/aromatic N) is 4. The van der Waals surface area contributed by atoms with Crippen LogP contribution in [0, 0.1) is 18.8 Å². The minimum absolute atomic E-state index is 0.190. The molecular weight excluding hydrogens is 348 g/mol. The second kappa shape index (κ2) is 7.54. The summed E-state index contributed by atoms with van der Waals surface area (Å²) in [6.45, 7) is 7.87. The number of aliphatic hydroxyl groups is 1. The van der Waals surface area contributed by atoms with Gasteiger partial charge in [-0.3, -0.25) is 9.69 Å². The first-order chi connectivity index (χ1) is 12.5. The fourth-order valence-corrected chi connectivity index (χ4v) is 5.53. The normalized spacial score (nSPS) is 33.4.